The van der Waals surface area contributed by atoms with Gasteiger partial charge in [-0.1, -0.05) is 38.8 Å². The number of hydrogen-bond donors (Lipinski definition) is 0. The molecule has 1 heterocycles. The molecule has 0 atom stereocenters. The van der Waals surface area contributed by atoms with Gasteiger partial charge in [0.2, 0.25) is 0 Å². The van der Waals surface area contributed by atoms with Crippen LogP contribution in [-0.4, -0.2) is 29.0 Å². The average molecular weight is 295 g/mol. The van der Waals surface area contributed by atoms with Gasteiger partial charge < -0.3 is 9.42 Å². The summed E-state index contributed by atoms with van der Waals surface area (Å²) < 4.78 is 5.37. The fraction of sp³-hybridized carbons (Fsp3) is 0.812. The second-order valence-electron chi connectivity index (χ2n) is 5.48. The highest BCUT2D eigenvalue weighted by Crippen LogP contribution is 2.14. The first-order valence-corrected chi connectivity index (χ1v) is 8.30. The fourth-order valence-corrected chi connectivity index (χ4v) is 2.13. The van der Waals surface area contributed by atoms with Crippen LogP contribution in [0.4, 0.5) is 6.01 Å². The van der Waals surface area contributed by atoms with E-state index in [1.54, 1.807) is 0 Å². The maximum absolute atomic E-state index is 11.5. The summed E-state index contributed by atoms with van der Waals surface area (Å²) in [6.07, 6.45) is 7.17. The Hall–Kier alpha value is -1.39. The first-order chi connectivity index (χ1) is 10.2. The van der Waals surface area contributed by atoms with Crippen molar-refractivity contribution < 1.29 is 9.32 Å². The van der Waals surface area contributed by atoms with Crippen LogP contribution in [0.2, 0.25) is 0 Å². The SMILES string of the molecule is CCCCN(CCCC)c1nc(CCC(=O)CCC)no1. The van der Waals surface area contributed by atoms with E-state index < -0.39 is 0 Å². The van der Waals surface area contributed by atoms with E-state index in [9.17, 15) is 4.79 Å². The van der Waals surface area contributed by atoms with Crippen LogP contribution in [0.1, 0.15) is 71.5 Å². The van der Waals surface area contributed by atoms with Gasteiger partial charge in [-0.15, -0.1) is 0 Å². The number of anilines is 1. The summed E-state index contributed by atoms with van der Waals surface area (Å²) in [7, 11) is 0. The van der Waals surface area contributed by atoms with Gasteiger partial charge >= 0.3 is 6.01 Å². The summed E-state index contributed by atoms with van der Waals surface area (Å²) in [5.74, 6) is 0.921. The molecule has 0 aliphatic heterocycles. The minimum atomic E-state index is 0.276. The lowest BCUT2D eigenvalue weighted by Crippen LogP contribution is -2.25. The summed E-state index contributed by atoms with van der Waals surface area (Å²) >= 11 is 0. The van der Waals surface area contributed by atoms with Crippen LogP contribution in [0, 0.1) is 0 Å². The van der Waals surface area contributed by atoms with Crippen LogP contribution >= 0.6 is 0 Å². The van der Waals surface area contributed by atoms with Gasteiger partial charge in [-0.2, -0.15) is 4.98 Å². The first-order valence-electron chi connectivity index (χ1n) is 8.30. The van der Waals surface area contributed by atoms with Crippen LogP contribution in [0.3, 0.4) is 0 Å². The Labute approximate surface area is 128 Å². The van der Waals surface area contributed by atoms with Crippen molar-refractivity contribution in [2.24, 2.45) is 0 Å². The quantitative estimate of drug-likeness (QED) is 0.587. The van der Waals surface area contributed by atoms with Gasteiger partial charge in [-0.3, -0.25) is 4.79 Å². The van der Waals surface area contributed by atoms with Crippen molar-refractivity contribution in [1.82, 2.24) is 10.1 Å². The highest BCUT2D eigenvalue weighted by molar-refractivity contribution is 5.78. The number of carbonyl (C=O) groups is 1. The number of hydrogen-bond acceptors (Lipinski definition) is 5. The van der Waals surface area contributed by atoms with E-state index in [1.807, 2.05) is 6.92 Å². The Morgan fingerprint density at radius 2 is 1.71 bits per heavy atom. The third kappa shape index (κ3) is 6.74. The second kappa shape index (κ2) is 10.4. The van der Waals surface area contributed by atoms with Gasteiger partial charge in [-0.05, 0) is 19.3 Å². The van der Waals surface area contributed by atoms with Crippen molar-refractivity contribution in [1.29, 1.82) is 0 Å². The molecule has 0 unspecified atom stereocenters. The van der Waals surface area contributed by atoms with Crippen LogP contribution in [0.25, 0.3) is 0 Å². The monoisotopic (exact) mass is 295 g/mol. The lowest BCUT2D eigenvalue weighted by atomic mass is 10.1. The van der Waals surface area contributed by atoms with Crippen LogP contribution in [0.5, 0.6) is 0 Å². The zero-order valence-electron chi connectivity index (χ0n) is 13.7. The van der Waals surface area contributed by atoms with Gasteiger partial charge in [-0.25, -0.2) is 0 Å². The Bertz CT molecular complexity index is 396. The summed E-state index contributed by atoms with van der Waals surface area (Å²) in [6, 6.07) is 0.606. The number of rotatable bonds is 12. The molecule has 0 fully saturated rings. The predicted molar refractivity (Wildman–Crippen MR) is 84.6 cm³/mol. The number of aryl methyl sites for hydroxylation is 1. The molecule has 1 rings (SSSR count). The van der Waals surface area contributed by atoms with Crippen LogP contribution < -0.4 is 4.90 Å². The Kier molecular flexibility index (Phi) is 8.71. The standard InChI is InChI=1S/C16H29N3O2/c1-4-7-12-19(13-8-5-2)16-17-15(18-21-16)11-10-14(20)9-6-3/h4-13H2,1-3H3. The highest BCUT2D eigenvalue weighted by Gasteiger charge is 2.14. The molecule has 120 valence electrons. The van der Waals surface area contributed by atoms with Crippen molar-refractivity contribution in [2.75, 3.05) is 18.0 Å². The first kappa shape index (κ1) is 17.7. The van der Waals surface area contributed by atoms with Crippen molar-refractivity contribution in [3.63, 3.8) is 0 Å². The summed E-state index contributed by atoms with van der Waals surface area (Å²) in [6.45, 7) is 8.27. The summed E-state index contributed by atoms with van der Waals surface area (Å²) in [5.41, 5.74) is 0. The van der Waals surface area contributed by atoms with Crippen LogP contribution in [-0.2, 0) is 11.2 Å². The molecule has 0 bridgehead atoms. The Balaban J connectivity index is 2.54. The third-order valence-corrected chi connectivity index (χ3v) is 3.45. The summed E-state index contributed by atoms with van der Waals surface area (Å²) in [5, 5.41) is 4.01. The molecule has 0 N–H and O–H groups in total. The predicted octanol–water partition coefficient (Wildman–Crippen LogP) is 3.78. The number of aromatic nitrogens is 2. The minimum absolute atomic E-state index is 0.276. The van der Waals surface area contributed by atoms with Gasteiger partial charge in [0.15, 0.2) is 5.82 Å². The average Bonchev–Trinajstić information content (AvgIpc) is 2.94. The molecular weight excluding hydrogens is 266 g/mol. The smallest absolute Gasteiger partial charge is 0.324 e. The number of carbonyl (C=O) groups excluding carboxylic acids is 1. The Morgan fingerprint density at radius 3 is 2.29 bits per heavy atom. The maximum atomic E-state index is 11.5. The number of ketones is 1. The van der Waals surface area contributed by atoms with Gasteiger partial charge in [0.05, 0.1) is 0 Å². The molecule has 21 heavy (non-hydrogen) atoms. The lowest BCUT2D eigenvalue weighted by Gasteiger charge is -2.18. The van der Waals surface area contributed by atoms with Crippen LogP contribution in [0.15, 0.2) is 4.52 Å². The van der Waals surface area contributed by atoms with E-state index in [4.69, 9.17) is 4.52 Å². The largest absolute Gasteiger partial charge is 0.324 e. The topological polar surface area (TPSA) is 59.2 Å². The van der Waals surface area contributed by atoms with E-state index >= 15 is 0 Å². The molecule has 0 aliphatic rings. The van der Waals surface area contributed by atoms with Crippen molar-refractivity contribution in [3.8, 4) is 0 Å². The molecule has 1 aromatic rings. The number of Topliss-reactive ketones (excluding diaryl/α,β-unsaturated/α-hetero) is 1. The summed E-state index contributed by atoms with van der Waals surface area (Å²) in [4.78, 5) is 18.2. The lowest BCUT2D eigenvalue weighted by molar-refractivity contribution is -0.119. The van der Waals surface area contributed by atoms with Crippen molar-refractivity contribution in [2.45, 2.75) is 72.1 Å². The Morgan fingerprint density at radius 1 is 1.05 bits per heavy atom. The van der Waals surface area contributed by atoms with Gasteiger partial charge in [0.1, 0.15) is 5.78 Å². The second-order valence-corrected chi connectivity index (χ2v) is 5.48. The molecule has 0 saturated heterocycles. The van der Waals surface area contributed by atoms with E-state index in [-0.39, 0.29) is 5.78 Å². The molecular formula is C16H29N3O2. The van der Waals surface area contributed by atoms with Gasteiger partial charge in [0, 0.05) is 32.4 Å². The molecule has 0 aromatic carbocycles. The van der Waals surface area contributed by atoms with Crippen molar-refractivity contribution >= 4 is 11.8 Å². The molecule has 0 spiro atoms. The number of nitrogens with zero attached hydrogens (tertiary/aromatic N) is 3. The van der Waals surface area contributed by atoms with E-state index in [0.29, 0.717) is 31.1 Å². The van der Waals surface area contributed by atoms with Gasteiger partial charge in [0.25, 0.3) is 0 Å². The minimum Gasteiger partial charge on any atom is -0.324 e. The van der Waals surface area contributed by atoms with E-state index in [1.165, 1.54) is 0 Å². The third-order valence-electron chi connectivity index (χ3n) is 3.45. The molecule has 0 amide bonds. The zero-order chi connectivity index (χ0) is 15.5. The molecule has 0 radical (unpaired) electrons. The number of unbranched alkanes of at least 4 members (excludes halogenated alkanes) is 2. The molecule has 5 nitrogen and oxygen atoms in total. The maximum Gasteiger partial charge on any atom is 0.324 e. The molecule has 5 heteroatoms. The zero-order valence-corrected chi connectivity index (χ0v) is 13.7. The normalized spacial score (nSPS) is 10.8. The fourth-order valence-electron chi connectivity index (χ4n) is 2.13. The molecule has 0 saturated carbocycles. The van der Waals surface area contributed by atoms with E-state index in [2.05, 4.69) is 28.9 Å². The molecule has 0 aliphatic carbocycles. The molecule has 1 aromatic heterocycles. The van der Waals surface area contributed by atoms with Crippen molar-refractivity contribution in [3.05, 3.63) is 5.82 Å². The van der Waals surface area contributed by atoms with E-state index in [0.717, 1.165) is 45.2 Å². The highest BCUT2D eigenvalue weighted by atomic mass is 16.5.